The van der Waals surface area contributed by atoms with Crippen molar-refractivity contribution in [1.82, 2.24) is 4.98 Å². The summed E-state index contributed by atoms with van der Waals surface area (Å²) in [5, 5.41) is 8.86. The number of rotatable bonds is 2. The minimum absolute atomic E-state index is 0.185. The van der Waals surface area contributed by atoms with Crippen molar-refractivity contribution < 1.29 is 36.0 Å². The number of benzene rings is 1. The zero-order valence-electron chi connectivity index (χ0n) is 13.2. The molecule has 115 valence electrons. The summed E-state index contributed by atoms with van der Waals surface area (Å²) in [6.07, 6.45) is 2.89. The van der Waals surface area contributed by atoms with Gasteiger partial charge in [-0.05, 0) is 31.0 Å². The van der Waals surface area contributed by atoms with Gasteiger partial charge in [-0.2, -0.15) is 0 Å². The van der Waals surface area contributed by atoms with Crippen molar-refractivity contribution >= 4 is 29.0 Å². The van der Waals surface area contributed by atoms with E-state index in [4.69, 9.17) is 27.2 Å². The number of fused-ring (bicyclic) bond motifs is 1. The molecule has 21 heavy (non-hydrogen) atoms. The summed E-state index contributed by atoms with van der Waals surface area (Å²) in [4.78, 5) is 11.6. The SMILES string of the molecule is CC.CC(N)Cc1c[nH]c2cc(Cl)ccc12.O=CO.[CH3][Hg]. The first-order valence-corrected chi connectivity index (χ1v) is 12.8. The maximum atomic E-state index is 8.36. The van der Waals surface area contributed by atoms with Crippen molar-refractivity contribution in [3.8, 4) is 0 Å². The number of H-pyrrole nitrogens is 1. The van der Waals surface area contributed by atoms with Crippen molar-refractivity contribution in [2.45, 2.75) is 37.7 Å². The molecule has 0 saturated carbocycles. The number of carboxylic acid groups (broad SMARTS) is 1. The molecular weight excluding hydrogens is 476 g/mol. The van der Waals surface area contributed by atoms with Crippen LogP contribution >= 0.6 is 11.6 Å². The molecule has 0 saturated heterocycles. The molecule has 1 unspecified atom stereocenters. The van der Waals surface area contributed by atoms with E-state index in [-0.39, 0.29) is 12.5 Å². The van der Waals surface area contributed by atoms with Crippen molar-refractivity contribution in [2.75, 3.05) is 0 Å². The summed E-state index contributed by atoms with van der Waals surface area (Å²) in [6.45, 7) is 5.76. The van der Waals surface area contributed by atoms with E-state index in [0.29, 0.717) is 0 Å². The Morgan fingerprint density at radius 2 is 1.95 bits per heavy atom. The number of carbonyl (C=O) groups is 1. The zero-order valence-corrected chi connectivity index (χ0v) is 19.4. The molecule has 0 aliphatic carbocycles. The van der Waals surface area contributed by atoms with Crippen LogP contribution in [-0.2, 0) is 37.3 Å². The minimum atomic E-state index is -0.250. The average Bonchev–Trinajstić information content (AvgIpc) is 2.85. The quantitative estimate of drug-likeness (QED) is 0.431. The van der Waals surface area contributed by atoms with Crippen molar-refractivity contribution in [1.29, 1.82) is 0 Å². The Balaban J connectivity index is 0. The predicted molar refractivity (Wildman–Crippen MR) is 86.6 cm³/mol. The third kappa shape index (κ3) is 9.12. The molecule has 1 aromatic carbocycles. The van der Waals surface area contributed by atoms with Gasteiger partial charge in [0.15, 0.2) is 0 Å². The first-order valence-electron chi connectivity index (χ1n) is 6.88. The Hall–Kier alpha value is -0.585. The summed E-state index contributed by atoms with van der Waals surface area (Å²) in [6, 6.07) is 6.06. The van der Waals surface area contributed by atoms with Crippen LogP contribution < -0.4 is 5.73 Å². The molecular formula is C15H24ClHgN2O2. The normalized spacial score (nSPS) is 10.1. The Labute approximate surface area is 148 Å². The zero-order chi connectivity index (χ0) is 16.8. The fourth-order valence-electron chi connectivity index (χ4n) is 1.67. The molecule has 0 amide bonds. The number of halogens is 1. The molecule has 1 atom stereocenters. The average molecular weight is 500 g/mol. The molecule has 0 radical (unpaired) electrons. The second-order valence-electron chi connectivity index (χ2n) is 3.79. The molecule has 4 N–H and O–H groups in total. The van der Waals surface area contributed by atoms with Gasteiger partial charge in [0.25, 0.3) is 6.47 Å². The van der Waals surface area contributed by atoms with Crippen molar-refractivity contribution in [2.24, 2.45) is 5.73 Å². The number of hydrogen-bond acceptors (Lipinski definition) is 2. The molecule has 2 aromatic rings. The second kappa shape index (κ2) is 14.4. The van der Waals surface area contributed by atoms with E-state index in [2.05, 4.69) is 9.42 Å². The van der Waals surface area contributed by atoms with Crippen LogP contribution in [0.15, 0.2) is 24.4 Å². The number of aromatic nitrogens is 1. The van der Waals surface area contributed by atoms with Crippen LogP contribution in [0.4, 0.5) is 0 Å². The van der Waals surface area contributed by atoms with Gasteiger partial charge in [-0.15, -0.1) is 0 Å². The topological polar surface area (TPSA) is 79.1 Å². The van der Waals surface area contributed by atoms with Gasteiger partial charge < -0.3 is 15.8 Å². The van der Waals surface area contributed by atoms with Gasteiger partial charge in [-0.1, -0.05) is 31.5 Å². The van der Waals surface area contributed by atoms with Gasteiger partial charge in [-0.25, -0.2) is 0 Å². The van der Waals surface area contributed by atoms with Crippen LogP contribution in [0.25, 0.3) is 10.9 Å². The Morgan fingerprint density at radius 3 is 2.43 bits per heavy atom. The van der Waals surface area contributed by atoms with Crippen LogP contribution in [-0.4, -0.2) is 22.6 Å². The molecule has 4 nitrogen and oxygen atoms in total. The molecule has 1 aromatic heterocycles. The summed E-state index contributed by atoms with van der Waals surface area (Å²) in [5.74, 6) is 0. The standard InChI is InChI=1S/C11H13ClN2.C2H6.CH2O2.CH3.Hg/c1-7(13)4-8-6-14-11-5-9(12)2-3-10(8)11;1-2;2-1-3;;/h2-3,5-7,14H,4,13H2,1H3;1-2H3;1H,(H,2,3);1H3;. The Bertz CT molecular complexity index is 501. The van der Waals surface area contributed by atoms with Crippen LogP contribution in [0, 0.1) is 0 Å². The molecule has 0 bridgehead atoms. The molecule has 2 rings (SSSR count). The maximum absolute atomic E-state index is 8.36. The molecule has 6 heteroatoms. The van der Waals surface area contributed by atoms with E-state index in [9.17, 15) is 0 Å². The fraction of sp³-hybridized carbons (Fsp3) is 0.400. The van der Waals surface area contributed by atoms with E-state index in [0.717, 1.165) is 43.1 Å². The van der Waals surface area contributed by atoms with Crippen LogP contribution in [0.5, 0.6) is 0 Å². The van der Waals surface area contributed by atoms with E-state index in [1.807, 2.05) is 45.2 Å². The number of aromatic amines is 1. The third-order valence-corrected chi connectivity index (χ3v) is 2.51. The van der Waals surface area contributed by atoms with Gasteiger partial charge in [0.1, 0.15) is 0 Å². The fourth-order valence-corrected chi connectivity index (χ4v) is 1.85. The molecule has 0 spiro atoms. The first kappa shape index (κ1) is 22.7. The predicted octanol–water partition coefficient (Wildman–Crippen LogP) is 4.02. The van der Waals surface area contributed by atoms with Gasteiger partial charge >= 0.3 is 30.6 Å². The number of hydrogen-bond donors (Lipinski definition) is 3. The van der Waals surface area contributed by atoms with Crippen LogP contribution in [0.3, 0.4) is 0 Å². The summed E-state index contributed by atoms with van der Waals surface area (Å²) < 4.78 is 2.19. The van der Waals surface area contributed by atoms with Gasteiger partial charge in [-0.3, -0.25) is 4.79 Å². The van der Waals surface area contributed by atoms with Crippen LogP contribution in [0.1, 0.15) is 26.3 Å². The first-order chi connectivity index (χ1) is 10.1. The summed E-state index contributed by atoms with van der Waals surface area (Å²) in [7, 11) is 0. The van der Waals surface area contributed by atoms with Gasteiger partial charge in [0.05, 0.1) is 0 Å². The van der Waals surface area contributed by atoms with Crippen molar-refractivity contribution in [3.63, 3.8) is 0 Å². The molecule has 0 aliphatic rings. The van der Waals surface area contributed by atoms with E-state index in [1.165, 1.54) is 10.9 Å². The van der Waals surface area contributed by atoms with E-state index >= 15 is 0 Å². The second-order valence-corrected chi connectivity index (χ2v) is 4.23. The number of nitrogens with one attached hydrogen (secondary N) is 1. The Morgan fingerprint density at radius 1 is 1.43 bits per heavy atom. The van der Waals surface area contributed by atoms with Crippen LogP contribution in [0.2, 0.25) is 9.46 Å². The molecule has 1 heterocycles. The number of nitrogens with two attached hydrogens (primary N) is 1. The molecule has 0 aliphatic heterocycles. The Kier molecular flexibility index (Phi) is 15.5. The van der Waals surface area contributed by atoms with Gasteiger partial charge in [0, 0.05) is 28.2 Å². The van der Waals surface area contributed by atoms with Crippen molar-refractivity contribution in [3.05, 3.63) is 35.0 Å². The third-order valence-electron chi connectivity index (χ3n) is 2.27. The summed E-state index contributed by atoms with van der Waals surface area (Å²) in [5.41, 5.74) is 8.10. The van der Waals surface area contributed by atoms with E-state index in [1.54, 1.807) is 0 Å². The van der Waals surface area contributed by atoms with Gasteiger partial charge in [0.2, 0.25) is 0 Å². The molecule has 0 fully saturated rings. The summed E-state index contributed by atoms with van der Waals surface area (Å²) >= 11 is 6.92. The van der Waals surface area contributed by atoms with E-state index < -0.39 is 0 Å². The monoisotopic (exact) mass is 501 g/mol.